The Morgan fingerprint density at radius 1 is 1.31 bits per heavy atom. The van der Waals surface area contributed by atoms with E-state index in [0.717, 1.165) is 11.1 Å². The third kappa shape index (κ3) is 3.50. The van der Waals surface area contributed by atoms with E-state index in [9.17, 15) is 4.79 Å². The number of pyridine rings is 1. The molecule has 1 aliphatic heterocycles. The lowest BCUT2D eigenvalue weighted by Crippen LogP contribution is -2.36. The van der Waals surface area contributed by atoms with Crippen LogP contribution in [0.1, 0.15) is 16.8 Å². The molecule has 1 atom stereocenters. The summed E-state index contributed by atoms with van der Waals surface area (Å²) in [4.78, 5) is 19.2. The molecule has 1 aromatic carbocycles. The molecule has 0 spiro atoms. The molecule has 0 saturated carbocycles. The van der Waals surface area contributed by atoms with Gasteiger partial charge in [-0.3, -0.25) is 9.78 Å². The van der Waals surface area contributed by atoms with Gasteiger partial charge in [0.25, 0.3) is 5.91 Å². The van der Waals surface area contributed by atoms with E-state index in [-0.39, 0.29) is 17.6 Å². The number of hydrogen-bond acceptors (Lipinski definition) is 6. The molecule has 0 saturated heterocycles. The summed E-state index contributed by atoms with van der Waals surface area (Å²) in [6.07, 6.45) is 3.75. The van der Waals surface area contributed by atoms with E-state index in [1.807, 2.05) is 48.3 Å². The minimum Gasteiger partial charge on any atom is -0.381 e. The van der Waals surface area contributed by atoms with Gasteiger partial charge in [0.1, 0.15) is 11.4 Å². The number of nitriles is 1. The van der Waals surface area contributed by atoms with Crippen LogP contribution in [0.3, 0.4) is 0 Å². The van der Waals surface area contributed by atoms with Crippen LogP contribution in [0.2, 0.25) is 0 Å². The molecular formula is C21H21N7O. The maximum absolute atomic E-state index is 13.2. The zero-order valence-corrected chi connectivity index (χ0v) is 16.0. The minimum absolute atomic E-state index is 0.149. The van der Waals surface area contributed by atoms with Crippen molar-refractivity contribution in [2.45, 2.75) is 13.0 Å². The molecule has 8 heteroatoms. The van der Waals surface area contributed by atoms with Crippen LogP contribution >= 0.6 is 0 Å². The van der Waals surface area contributed by atoms with Gasteiger partial charge in [0, 0.05) is 44.2 Å². The zero-order chi connectivity index (χ0) is 20.4. The third-order valence-electron chi connectivity index (χ3n) is 5.04. The lowest BCUT2D eigenvalue weighted by Gasteiger charge is -2.31. The number of carbonyl (C=O) groups excluding carboxylic acids is 1. The maximum atomic E-state index is 13.2. The number of amides is 1. The van der Waals surface area contributed by atoms with Crippen LogP contribution in [-0.4, -0.2) is 34.3 Å². The van der Waals surface area contributed by atoms with Crippen molar-refractivity contribution < 1.29 is 4.79 Å². The lowest BCUT2D eigenvalue weighted by atomic mass is 10.0. The smallest absolute Gasteiger partial charge is 0.263 e. The molecule has 3 N–H and O–H groups in total. The first-order valence-electron chi connectivity index (χ1n) is 9.33. The Kier molecular flexibility index (Phi) is 4.87. The molecule has 3 heterocycles. The van der Waals surface area contributed by atoms with Crippen molar-refractivity contribution in [1.29, 1.82) is 5.26 Å². The number of anilines is 3. The Labute approximate surface area is 168 Å². The van der Waals surface area contributed by atoms with Crippen molar-refractivity contribution in [1.82, 2.24) is 14.8 Å². The number of fused-ring (bicyclic) bond motifs is 1. The van der Waals surface area contributed by atoms with Crippen LogP contribution in [0.25, 0.3) is 11.1 Å². The van der Waals surface area contributed by atoms with Crippen LogP contribution < -0.4 is 16.0 Å². The number of nitrogens with zero attached hydrogens (tertiary/aromatic N) is 5. The number of aromatic nitrogens is 3. The van der Waals surface area contributed by atoms with Crippen molar-refractivity contribution in [3.8, 4) is 17.2 Å². The molecule has 3 aromatic rings. The number of rotatable bonds is 4. The van der Waals surface area contributed by atoms with E-state index in [2.05, 4.69) is 21.5 Å². The number of nitrogens with one attached hydrogen (secondary N) is 1. The largest absolute Gasteiger partial charge is 0.381 e. The van der Waals surface area contributed by atoms with Gasteiger partial charge in [-0.15, -0.1) is 0 Å². The fourth-order valence-electron chi connectivity index (χ4n) is 3.79. The molecular weight excluding hydrogens is 366 g/mol. The fourth-order valence-corrected chi connectivity index (χ4v) is 3.79. The Bertz CT molecular complexity index is 1080. The van der Waals surface area contributed by atoms with E-state index < -0.39 is 0 Å². The van der Waals surface area contributed by atoms with Crippen molar-refractivity contribution in [2.75, 3.05) is 29.5 Å². The summed E-state index contributed by atoms with van der Waals surface area (Å²) in [7, 11) is 1.88. The molecule has 0 aliphatic carbocycles. The number of benzene rings is 1. The van der Waals surface area contributed by atoms with Gasteiger partial charge in [-0.1, -0.05) is 30.3 Å². The van der Waals surface area contributed by atoms with Crippen LogP contribution in [0, 0.1) is 17.2 Å². The van der Waals surface area contributed by atoms with E-state index >= 15 is 0 Å². The summed E-state index contributed by atoms with van der Waals surface area (Å²) in [6, 6.07) is 13.8. The standard InChI is InChI=1S/C21H21N7O/c1-27-12-14(7-9-22)13-28-21(27)18(19(23)26-28)20(29)25-17-11-24-10-8-16(17)15-5-3-2-4-6-15/h2-6,8,10-11,14H,7,12-13H2,1H3,(H2,23,26)(H,25,29). The molecule has 0 fully saturated rings. The molecule has 1 unspecified atom stereocenters. The first-order chi connectivity index (χ1) is 14.1. The zero-order valence-electron chi connectivity index (χ0n) is 16.0. The van der Waals surface area contributed by atoms with Crippen molar-refractivity contribution in [3.05, 3.63) is 54.4 Å². The third-order valence-corrected chi connectivity index (χ3v) is 5.04. The molecule has 146 valence electrons. The normalized spacial score (nSPS) is 15.4. The fraction of sp³-hybridized carbons (Fsp3) is 0.238. The average Bonchev–Trinajstić information content (AvgIpc) is 3.06. The van der Waals surface area contributed by atoms with Gasteiger partial charge in [-0.25, -0.2) is 4.68 Å². The highest BCUT2D eigenvalue weighted by Gasteiger charge is 2.31. The number of nitrogens with two attached hydrogens (primary N) is 1. The molecule has 0 bridgehead atoms. The molecule has 2 aromatic heterocycles. The van der Waals surface area contributed by atoms with Crippen LogP contribution in [0.4, 0.5) is 17.3 Å². The van der Waals surface area contributed by atoms with E-state index in [1.54, 1.807) is 17.1 Å². The SMILES string of the molecule is CN1CC(CC#N)Cn2nc(N)c(C(=O)Nc3cnccc3-c3ccccc3)c21. The highest BCUT2D eigenvalue weighted by Crippen LogP contribution is 2.33. The van der Waals surface area contributed by atoms with Crippen molar-refractivity contribution in [2.24, 2.45) is 5.92 Å². The highest BCUT2D eigenvalue weighted by molar-refractivity contribution is 6.12. The van der Waals surface area contributed by atoms with Crippen molar-refractivity contribution >= 4 is 23.2 Å². The van der Waals surface area contributed by atoms with Gasteiger partial charge in [0.05, 0.1) is 18.0 Å². The molecule has 0 radical (unpaired) electrons. The second-order valence-corrected chi connectivity index (χ2v) is 7.12. The topological polar surface area (TPSA) is 113 Å². The van der Waals surface area contributed by atoms with Crippen molar-refractivity contribution in [3.63, 3.8) is 0 Å². The van der Waals surface area contributed by atoms with Gasteiger partial charge >= 0.3 is 0 Å². The Morgan fingerprint density at radius 3 is 2.86 bits per heavy atom. The quantitative estimate of drug-likeness (QED) is 0.712. The van der Waals surface area contributed by atoms with Crippen LogP contribution in [0.15, 0.2) is 48.8 Å². The summed E-state index contributed by atoms with van der Waals surface area (Å²) >= 11 is 0. The molecule has 8 nitrogen and oxygen atoms in total. The Hall–Kier alpha value is -3.86. The molecule has 1 amide bonds. The first-order valence-corrected chi connectivity index (χ1v) is 9.33. The average molecular weight is 387 g/mol. The summed E-state index contributed by atoms with van der Waals surface area (Å²) in [6.45, 7) is 1.23. The van der Waals surface area contributed by atoms with Crippen LogP contribution in [-0.2, 0) is 6.54 Å². The Morgan fingerprint density at radius 2 is 2.10 bits per heavy atom. The summed E-state index contributed by atoms with van der Waals surface area (Å²) in [5, 5.41) is 16.3. The van der Waals surface area contributed by atoms with Gasteiger partial charge in [0.2, 0.25) is 0 Å². The first kappa shape index (κ1) is 18.5. The van der Waals surface area contributed by atoms with Gasteiger partial charge < -0.3 is 16.0 Å². The highest BCUT2D eigenvalue weighted by atomic mass is 16.1. The van der Waals surface area contributed by atoms with Gasteiger partial charge in [-0.2, -0.15) is 10.4 Å². The second-order valence-electron chi connectivity index (χ2n) is 7.12. The molecule has 1 aliphatic rings. The lowest BCUT2D eigenvalue weighted by molar-refractivity contribution is 0.102. The predicted octanol–water partition coefficient (Wildman–Crippen LogP) is 2.76. The van der Waals surface area contributed by atoms with E-state index in [4.69, 9.17) is 11.0 Å². The van der Waals surface area contributed by atoms with E-state index in [0.29, 0.717) is 36.6 Å². The van der Waals surface area contributed by atoms with Crippen LogP contribution in [0.5, 0.6) is 0 Å². The van der Waals surface area contributed by atoms with Gasteiger partial charge in [0.15, 0.2) is 5.82 Å². The number of carbonyl (C=O) groups is 1. The van der Waals surface area contributed by atoms with E-state index in [1.165, 1.54) is 0 Å². The predicted molar refractivity (Wildman–Crippen MR) is 111 cm³/mol. The molecule has 4 rings (SSSR count). The Balaban J connectivity index is 1.66. The minimum atomic E-state index is -0.334. The summed E-state index contributed by atoms with van der Waals surface area (Å²) in [5.74, 6) is 0.654. The maximum Gasteiger partial charge on any atom is 0.263 e. The summed E-state index contributed by atoms with van der Waals surface area (Å²) < 4.78 is 1.72. The number of hydrogen-bond donors (Lipinski definition) is 2. The summed E-state index contributed by atoms with van der Waals surface area (Å²) in [5.41, 5.74) is 8.90. The van der Waals surface area contributed by atoms with Gasteiger partial charge in [-0.05, 0) is 11.6 Å². The number of nitrogen functional groups attached to an aromatic ring is 1. The second kappa shape index (κ2) is 7.64. The molecule has 29 heavy (non-hydrogen) atoms. The monoisotopic (exact) mass is 387 g/mol.